The molecule has 0 aliphatic carbocycles. The average molecular weight is 503 g/mol. The lowest BCUT2D eigenvalue weighted by Crippen LogP contribution is -2.30. The van der Waals surface area contributed by atoms with Crippen molar-refractivity contribution in [1.82, 2.24) is 4.98 Å². The summed E-state index contributed by atoms with van der Waals surface area (Å²) < 4.78 is 12.0. The Labute approximate surface area is 212 Å². The second-order valence-corrected chi connectivity index (χ2v) is 9.75. The Bertz CT molecular complexity index is 1440. The van der Waals surface area contributed by atoms with Gasteiger partial charge in [-0.2, -0.15) is 0 Å². The van der Waals surface area contributed by atoms with Crippen LogP contribution in [0.15, 0.2) is 76.6 Å². The molecule has 0 saturated heterocycles. The van der Waals surface area contributed by atoms with Crippen LogP contribution in [0.25, 0.3) is 10.2 Å². The first-order valence-corrected chi connectivity index (χ1v) is 12.7. The van der Waals surface area contributed by atoms with Crippen molar-refractivity contribution in [3.8, 4) is 5.75 Å². The monoisotopic (exact) mass is 502 g/mol. The van der Waals surface area contributed by atoms with Crippen LogP contribution in [-0.4, -0.2) is 28.4 Å². The summed E-state index contributed by atoms with van der Waals surface area (Å²) in [6.07, 6.45) is 4.57. The highest BCUT2D eigenvalue weighted by Gasteiger charge is 2.46. The van der Waals surface area contributed by atoms with Gasteiger partial charge in [0.05, 0.1) is 34.7 Å². The molecule has 3 heterocycles. The summed E-state index contributed by atoms with van der Waals surface area (Å²) in [7, 11) is 0. The van der Waals surface area contributed by atoms with Crippen LogP contribution in [0.4, 0.5) is 5.13 Å². The van der Waals surface area contributed by atoms with E-state index in [0.29, 0.717) is 23.1 Å². The topological polar surface area (TPSA) is 92.9 Å². The molecule has 1 atom stereocenters. The number of aliphatic hydroxyl groups excluding tert-OH is 1. The predicted octanol–water partition coefficient (Wildman–Crippen LogP) is 6.55. The fourth-order valence-electron chi connectivity index (χ4n) is 4.30. The van der Waals surface area contributed by atoms with Crippen molar-refractivity contribution in [2.75, 3.05) is 11.5 Å². The molecule has 7 nitrogen and oxygen atoms in total. The summed E-state index contributed by atoms with van der Waals surface area (Å²) in [5.41, 5.74) is 2.43. The van der Waals surface area contributed by atoms with E-state index in [-0.39, 0.29) is 11.3 Å². The van der Waals surface area contributed by atoms with E-state index in [9.17, 15) is 14.7 Å². The first-order valence-electron chi connectivity index (χ1n) is 11.9. The number of hydrogen-bond donors (Lipinski definition) is 1. The zero-order valence-corrected chi connectivity index (χ0v) is 20.9. The largest absolute Gasteiger partial charge is 0.503 e. The summed E-state index contributed by atoms with van der Waals surface area (Å²) in [4.78, 5) is 32.8. The van der Waals surface area contributed by atoms with Gasteiger partial charge >= 0.3 is 0 Å². The lowest BCUT2D eigenvalue weighted by atomic mass is 9.95. The van der Waals surface area contributed by atoms with Gasteiger partial charge in [0, 0.05) is 0 Å². The van der Waals surface area contributed by atoms with Crippen LogP contribution in [0.5, 0.6) is 5.75 Å². The Hall–Kier alpha value is -3.91. The smallest absolute Gasteiger partial charge is 0.296 e. The van der Waals surface area contributed by atoms with Crippen molar-refractivity contribution in [1.29, 1.82) is 0 Å². The van der Waals surface area contributed by atoms with Crippen LogP contribution in [0.1, 0.15) is 53.9 Å². The quantitative estimate of drug-likeness (QED) is 0.206. The predicted molar refractivity (Wildman–Crippen MR) is 139 cm³/mol. The molecule has 1 aliphatic rings. The minimum atomic E-state index is -0.870. The van der Waals surface area contributed by atoms with E-state index in [1.54, 1.807) is 6.07 Å². The average Bonchev–Trinajstić information content (AvgIpc) is 3.61. The lowest BCUT2D eigenvalue weighted by Gasteiger charge is -2.24. The molecule has 2 aromatic heterocycles. The molecule has 36 heavy (non-hydrogen) atoms. The van der Waals surface area contributed by atoms with Crippen LogP contribution in [0, 0.1) is 6.92 Å². The number of benzene rings is 2. The maximum Gasteiger partial charge on any atom is 0.296 e. The zero-order chi connectivity index (χ0) is 25.2. The minimum absolute atomic E-state index is 0.0398. The fourth-order valence-corrected chi connectivity index (χ4v) is 5.39. The molecular formula is C28H26N2O5S. The van der Waals surface area contributed by atoms with Crippen LogP contribution in [-0.2, 0) is 4.79 Å². The number of amides is 1. The molecule has 1 unspecified atom stereocenters. The molecule has 1 N–H and O–H groups in total. The van der Waals surface area contributed by atoms with E-state index in [1.807, 2.05) is 49.4 Å². The second-order valence-electron chi connectivity index (χ2n) is 8.74. The van der Waals surface area contributed by atoms with Gasteiger partial charge in [0.1, 0.15) is 5.75 Å². The number of hydrogen-bond acceptors (Lipinski definition) is 7. The second kappa shape index (κ2) is 9.99. The number of fused-ring (bicyclic) bond motifs is 1. The maximum atomic E-state index is 13.4. The van der Waals surface area contributed by atoms with Crippen molar-refractivity contribution in [2.45, 2.75) is 39.2 Å². The van der Waals surface area contributed by atoms with Gasteiger partial charge in [-0.25, -0.2) is 4.98 Å². The summed E-state index contributed by atoms with van der Waals surface area (Å²) in [5.74, 6) is -1.07. The van der Waals surface area contributed by atoms with Gasteiger partial charge in [-0.1, -0.05) is 49.3 Å². The Morgan fingerprint density at radius 1 is 1.17 bits per heavy atom. The molecule has 0 fully saturated rings. The maximum absolute atomic E-state index is 13.4. The third-order valence-corrected chi connectivity index (χ3v) is 7.17. The number of furan rings is 1. The normalized spacial score (nSPS) is 15.8. The van der Waals surface area contributed by atoms with Gasteiger partial charge in [0.2, 0.25) is 5.78 Å². The number of rotatable bonds is 9. The van der Waals surface area contributed by atoms with Gasteiger partial charge < -0.3 is 14.3 Å². The SMILES string of the molecule is CCCCCOc1ccc(C2C(C(=O)c3ccco3)=C(O)C(=O)N2c2nc3ccc(C)cc3s2)cc1. The standard InChI is InChI=1S/C28H26N2O5S/c1-3-4-5-14-34-19-11-9-18(10-12-19)24-23(25(31)21-7-6-15-35-21)26(32)27(33)30(24)28-29-20-13-8-17(2)16-22(20)36-28/h6-13,15-16,24,32H,3-5,14H2,1-2H3. The highest BCUT2D eigenvalue weighted by atomic mass is 32.1. The van der Waals surface area contributed by atoms with Crippen molar-refractivity contribution in [3.05, 3.63) is 89.1 Å². The number of ether oxygens (including phenoxy) is 1. The number of nitrogens with zero attached hydrogens (tertiary/aromatic N) is 2. The number of aliphatic hydroxyl groups is 1. The molecular weight excluding hydrogens is 476 g/mol. The molecule has 0 spiro atoms. The third-order valence-electron chi connectivity index (χ3n) is 6.15. The highest BCUT2D eigenvalue weighted by Crippen LogP contribution is 2.44. The van der Waals surface area contributed by atoms with E-state index in [1.165, 1.54) is 28.6 Å². The molecule has 0 bridgehead atoms. The molecule has 0 saturated carbocycles. The van der Waals surface area contributed by atoms with E-state index in [2.05, 4.69) is 11.9 Å². The number of carbonyl (C=O) groups excluding carboxylic acids is 2. The Morgan fingerprint density at radius 3 is 2.69 bits per heavy atom. The van der Waals surface area contributed by atoms with Crippen molar-refractivity contribution in [3.63, 3.8) is 0 Å². The van der Waals surface area contributed by atoms with E-state index in [0.717, 1.165) is 35.0 Å². The number of aryl methyl sites for hydroxylation is 1. The first-order chi connectivity index (χ1) is 17.5. The zero-order valence-electron chi connectivity index (χ0n) is 20.1. The van der Waals surface area contributed by atoms with Gasteiger partial charge in [-0.15, -0.1) is 0 Å². The van der Waals surface area contributed by atoms with Crippen LogP contribution in [0.2, 0.25) is 0 Å². The summed E-state index contributed by atoms with van der Waals surface area (Å²) >= 11 is 1.34. The summed E-state index contributed by atoms with van der Waals surface area (Å²) in [6, 6.07) is 15.3. The van der Waals surface area contributed by atoms with Crippen molar-refractivity contribution >= 4 is 38.4 Å². The molecule has 1 amide bonds. The molecule has 1 aliphatic heterocycles. The van der Waals surface area contributed by atoms with Crippen molar-refractivity contribution in [2.24, 2.45) is 0 Å². The summed E-state index contributed by atoms with van der Waals surface area (Å²) in [5, 5.41) is 11.3. The molecule has 184 valence electrons. The number of aromatic nitrogens is 1. The molecule has 4 aromatic rings. The number of carbonyl (C=O) groups is 2. The van der Waals surface area contributed by atoms with Crippen molar-refractivity contribution < 1.29 is 23.8 Å². The fraction of sp³-hybridized carbons (Fsp3) is 0.250. The summed E-state index contributed by atoms with van der Waals surface area (Å²) in [6.45, 7) is 4.75. The Kier molecular flexibility index (Phi) is 6.61. The molecule has 0 radical (unpaired) electrons. The lowest BCUT2D eigenvalue weighted by molar-refractivity contribution is -0.117. The Balaban J connectivity index is 1.55. The highest BCUT2D eigenvalue weighted by molar-refractivity contribution is 7.22. The van der Waals surface area contributed by atoms with Gasteiger partial charge in [0.15, 0.2) is 16.7 Å². The first kappa shape index (κ1) is 23.8. The third kappa shape index (κ3) is 4.40. The van der Waals surface area contributed by atoms with Gasteiger partial charge in [0.25, 0.3) is 5.91 Å². The van der Waals surface area contributed by atoms with E-state index >= 15 is 0 Å². The van der Waals surface area contributed by atoms with Crippen LogP contribution in [0.3, 0.4) is 0 Å². The van der Waals surface area contributed by atoms with Crippen LogP contribution >= 0.6 is 11.3 Å². The number of anilines is 1. The van der Waals surface area contributed by atoms with E-state index in [4.69, 9.17) is 9.15 Å². The van der Waals surface area contributed by atoms with Gasteiger partial charge in [-0.05, 0) is 60.9 Å². The Morgan fingerprint density at radius 2 is 1.97 bits per heavy atom. The number of ketones is 1. The minimum Gasteiger partial charge on any atom is -0.503 e. The van der Waals surface area contributed by atoms with Gasteiger partial charge in [-0.3, -0.25) is 14.5 Å². The number of Topliss-reactive ketones (excluding diaryl/α,β-unsaturated/α-hetero) is 1. The van der Waals surface area contributed by atoms with Crippen LogP contribution < -0.4 is 9.64 Å². The van der Waals surface area contributed by atoms with E-state index < -0.39 is 23.5 Å². The number of unbranched alkanes of at least 4 members (excludes halogenated alkanes) is 2. The molecule has 2 aromatic carbocycles. The number of thiazole rings is 1. The molecule has 5 rings (SSSR count). The molecule has 8 heteroatoms.